The first kappa shape index (κ1) is 20.3. The van der Waals surface area contributed by atoms with Crippen LogP contribution in [-0.4, -0.2) is 31.6 Å². The van der Waals surface area contributed by atoms with E-state index in [1.807, 2.05) is 45.0 Å². The van der Waals surface area contributed by atoms with Gasteiger partial charge in [0.25, 0.3) is 0 Å². The highest BCUT2D eigenvalue weighted by Crippen LogP contribution is 2.10. The summed E-state index contributed by atoms with van der Waals surface area (Å²) in [5.41, 5.74) is 1.27. The summed E-state index contributed by atoms with van der Waals surface area (Å²) in [4.78, 5) is 2.22. The van der Waals surface area contributed by atoms with Crippen molar-refractivity contribution >= 4 is 0 Å². The second-order valence-corrected chi connectivity index (χ2v) is 4.47. The maximum absolute atomic E-state index is 5.26. The second kappa shape index (κ2) is 13.4. The first-order valence-corrected chi connectivity index (χ1v) is 7.37. The Morgan fingerprint density at radius 3 is 1.79 bits per heavy atom. The van der Waals surface area contributed by atoms with Crippen LogP contribution in [0.3, 0.4) is 0 Å². The summed E-state index contributed by atoms with van der Waals surface area (Å²) in [6, 6.07) is 8.80. The largest absolute Gasteiger partial charge is 0.494 e. The molecule has 19 heavy (non-hydrogen) atoms. The first-order chi connectivity index (χ1) is 9.01. The van der Waals surface area contributed by atoms with Gasteiger partial charge in [-0.2, -0.15) is 0 Å². The Labute approximate surface area is 120 Å². The molecule has 0 heterocycles. The monoisotopic (exact) mass is 267 g/mol. The molecule has 0 fully saturated rings. The van der Waals surface area contributed by atoms with E-state index >= 15 is 0 Å². The average molecular weight is 267 g/mol. The standard InChI is InChI=1S/C9H12O.C6H15N.C2H6/c1-3-10-9-6-4-8(2)5-7-9;1-5-6(2)7(3)4;1-2/h4-7H,3H2,1-2H3;6H,5H2,1-4H3;1-2H3. The Morgan fingerprint density at radius 2 is 1.53 bits per heavy atom. The predicted molar refractivity (Wildman–Crippen MR) is 87.1 cm³/mol. The molecular formula is C17H33NO. The van der Waals surface area contributed by atoms with Crippen LogP contribution in [0.1, 0.15) is 46.6 Å². The lowest BCUT2D eigenvalue weighted by Gasteiger charge is -2.16. The number of ether oxygens (including phenoxy) is 1. The van der Waals surface area contributed by atoms with Crippen LogP contribution in [0.4, 0.5) is 0 Å². The summed E-state index contributed by atoms with van der Waals surface area (Å²) in [6.07, 6.45) is 1.24. The van der Waals surface area contributed by atoms with Gasteiger partial charge in [0, 0.05) is 6.04 Å². The van der Waals surface area contributed by atoms with E-state index in [1.165, 1.54) is 12.0 Å². The van der Waals surface area contributed by atoms with Crippen LogP contribution in [0, 0.1) is 6.92 Å². The van der Waals surface area contributed by atoms with E-state index in [0.717, 1.165) is 18.4 Å². The molecule has 1 atom stereocenters. The predicted octanol–water partition coefficient (Wildman–Crippen LogP) is 4.77. The van der Waals surface area contributed by atoms with Crippen LogP contribution in [0.5, 0.6) is 5.75 Å². The van der Waals surface area contributed by atoms with Crippen molar-refractivity contribution in [2.45, 2.75) is 54.0 Å². The zero-order valence-electron chi connectivity index (χ0n) is 14.2. The molecule has 0 bridgehead atoms. The molecule has 2 heteroatoms. The van der Waals surface area contributed by atoms with E-state index in [4.69, 9.17) is 4.74 Å². The fraction of sp³-hybridized carbons (Fsp3) is 0.647. The Morgan fingerprint density at radius 1 is 1.05 bits per heavy atom. The first-order valence-electron chi connectivity index (χ1n) is 7.37. The van der Waals surface area contributed by atoms with Crippen molar-refractivity contribution in [2.24, 2.45) is 0 Å². The van der Waals surface area contributed by atoms with Crippen molar-refractivity contribution in [3.8, 4) is 5.75 Å². The van der Waals surface area contributed by atoms with Gasteiger partial charge in [0.05, 0.1) is 6.61 Å². The van der Waals surface area contributed by atoms with Gasteiger partial charge in [0.2, 0.25) is 0 Å². The molecule has 2 nitrogen and oxygen atoms in total. The minimum atomic E-state index is 0.736. The normalized spacial score (nSPS) is 10.8. The van der Waals surface area contributed by atoms with Crippen LogP contribution in [-0.2, 0) is 0 Å². The number of hydrogen-bond donors (Lipinski definition) is 0. The van der Waals surface area contributed by atoms with Gasteiger partial charge in [-0.25, -0.2) is 0 Å². The number of nitrogens with zero attached hydrogens (tertiary/aromatic N) is 1. The Hall–Kier alpha value is -1.02. The highest BCUT2D eigenvalue weighted by molar-refractivity contribution is 5.26. The second-order valence-electron chi connectivity index (χ2n) is 4.47. The Kier molecular flexibility index (Phi) is 14.3. The van der Waals surface area contributed by atoms with Crippen molar-refractivity contribution < 1.29 is 4.74 Å². The molecule has 0 radical (unpaired) electrons. The molecule has 0 aromatic heterocycles. The van der Waals surface area contributed by atoms with Gasteiger partial charge in [-0.3, -0.25) is 0 Å². The minimum absolute atomic E-state index is 0.736. The third kappa shape index (κ3) is 11.8. The molecule has 0 N–H and O–H groups in total. The summed E-state index contributed by atoms with van der Waals surface area (Å²) in [5, 5.41) is 0. The van der Waals surface area contributed by atoms with Gasteiger partial charge in [-0.15, -0.1) is 0 Å². The van der Waals surface area contributed by atoms with E-state index in [9.17, 15) is 0 Å². The number of rotatable bonds is 4. The molecule has 0 spiro atoms. The van der Waals surface area contributed by atoms with Crippen molar-refractivity contribution in [1.29, 1.82) is 0 Å². The summed E-state index contributed by atoms with van der Waals surface area (Å²) in [7, 11) is 4.21. The van der Waals surface area contributed by atoms with E-state index in [0.29, 0.717) is 0 Å². The van der Waals surface area contributed by atoms with Gasteiger partial charge in [0.1, 0.15) is 5.75 Å². The van der Waals surface area contributed by atoms with Crippen molar-refractivity contribution in [3.63, 3.8) is 0 Å². The summed E-state index contributed by atoms with van der Waals surface area (Å²) in [6.45, 7) is 13.2. The van der Waals surface area contributed by atoms with Gasteiger partial charge in [0.15, 0.2) is 0 Å². The molecule has 1 unspecified atom stereocenters. The summed E-state index contributed by atoms with van der Waals surface area (Å²) < 4.78 is 5.26. The Balaban J connectivity index is 0. The minimum Gasteiger partial charge on any atom is -0.494 e. The third-order valence-electron chi connectivity index (χ3n) is 2.80. The third-order valence-corrected chi connectivity index (χ3v) is 2.80. The van der Waals surface area contributed by atoms with Crippen LogP contribution in [0.2, 0.25) is 0 Å². The zero-order valence-corrected chi connectivity index (χ0v) is 14.2. The van der Waals surface area contributed by atoms with Crippen LogP contribution in [0.15, 0.2) is 24.3 Å². The van der Waals surface area contributed by atoms with Crippen molar-refractivity contribution in [1.82, 2.24) is 4.90 Å². The smallest absolute Gasteiger partial charge is 0.119 e. The summed E-state index contributed by atoms with van der Waals surface area (Å²) in [5.74, 6) is 0.952. The van der Waals surface area contributed by atoms with Gasteiger partial charge in [-0.1, -0.05) is 38.5 Å². The number of benzene rings is 1. The lowest BCUT2D eigenvalue weighted by molar-refractivity contribution is 0.307. The van der Waals surface area contributed by atoms with Crippen LogP contribution < -0.4 is 4.74 Å². The molecule has 0 saturated heterocycles. The maximum Gasteiger partial charge on any atom is 0.119 e. The van der Waals surface area contributed by atoms with Crippen molar-refractivity contribution in [3.05, 3.63) is 29.8 Å². The number of aryl methyl sites for hydroxylation is 1. The van der Waals surface area contributed by atoms with E-state index in [2.05, 4.69) is 39.8 Å². The summed E-state index contributed by atoms with van der Waals surface area (Å²) >= 11 is 0. The average Bonchev–Trinajstić information content (AvgIpc) is 2.43. The molecular weight excluding hydrogens is 234 g/mol. The van der Waals surface area contributed by atoms with E-state index in [-0.39, 0.29) is 0 Å². The van der Waals surface area contributed by atoms with Gasteiger partial charge in [-0.05, 0) is 53.4 Å². The molecule has 0 aliphatic carbocycles. The zero-order chi connectivity index (χ0) is 15.3. The molecule has 0 aliphatic rings. The molecule has 0 amide bonds. The molecule has 1 rings (SSSR count). The topological polar surface area (TPSA) is 12.5 Å². The Bertz CT molecular complexity index is 280. The molecule has 1 aromatic carbocycles. The lowest BCUT2D eigenvalue weighted by Crippen LogP contribution is -2.23. The molecule has 112 valence electrons. The van der Waals surface area contributed by atoms with Crippen LogP contribution in [0.25, 0.3) is 0 Å². The highest BCUT2D eigenvalue weighted by atomic mass is 16.5. The number of hydrogen-bond acceptors (Lipinski definition) is 2. The highest BCUT2D eigenvalue weighted by Gasteiger charge is 1.97. The molecule has 1 aromatic rings. The fourth-order valence-electron chi connectivity index (χ4n) is 1.17. The van der Waals surface area contributed by atoms with Crippen LogP contribution >= 0.6 is 0 Å². The molecule has 0 saturated carbocycles. The maximum atomic E-state index is 5.26. The van der Waals surface area contributed by atoms with Gasteiger partial charge < -0.3 is 9.64 Å². The van der Waals surface area contributed by atoms with E-state index in [1.54, 1.807) is 0 Å². The van der Waals surface area contributed by atoms with Gasteiger partial charge >= 0.3 is 0 Å². The van der Waals surface area contributed by atoms with E-state index < -0.39 is 0 Å². The fourth-order valence-corrected chi connectivity index (χ4v) is 1.17. The molecule has 0 aliphatic heterocycles. The SMILES string of the molecule is CC.CCC(C)N(C)C.CCOc1ccc(C)cc1. The quantitative estimate of drug-likeness (QED) is 0.779. The lowest BCUT2D eigenvalue weighted by atomic mass is 10.2. The van der Waals surface area contributed by atoms with Crippen molar-refractivity contribution in [2.75, 3.05) is 20.7 Å².